The molecule has 0 atom stereocenters. The Hall–Kier alpha value is -1.63. The van der Waals surface area contributed by atoms with E-state index < -0.39 is 0 Å². The van der Waals surface area contributed by atoms with Crippen LogP contribution in [0.3, 0.4) is 0 Å². The van der Waals surface area contributed by atoms with Crippen molar-refractivity contribution < 1.29 is 14.6 Å². The molecule has 1 heterocycles. The summed E-state index contributed by atoms with van der Waals surface area (Å²) in [4.78, 5) is 4.07. The van der Waals surface area contributed by atoms with Crippen molar-refractivity contribution in [2.24, 2.45) is 0 Å². The summed E-state index contributed by atoms with van der Waals surface area (Å²) in [6.45, 7) is 1.74. The Morgan fingerprint density at radius 2 is 2.18 bits per heavy atom. The Labute approximate surface area is 138 Å². The average molecular weight is 367 g/mol. The molecule has 0 bridgehead atoms. The molecule has 22 heavy (non-hydrogen) atoms. The van der Waals surface area contributed by atoms with Gasteiger partial charge in [-0.1, -0.05) is 6.07 Å². The van der Waals surface area contributed by atoms with Crippen LogP contribution >= 0.6 is 15.9 Å². The largest absolute Gasteiger partial charge is 0.493 e. The summed E-state index contributed by atoms with van der Waals surface area (Å²) in [6, 6.07) is 7.74. The quantitative estimate of drug-likeness (QED) is 0.702. The van der Waals surface area contributed by atoms with E-state index in [0.29, 0.717) is 31.2 Å². The average Bonchev–Trinajstić information content (AvgIpc) is 2.54. The highest BCUT2D eigenvalue weighted by atomic mass is 79.9. The Balaban J connectivity index is 2.09. The zero-order valence-corrected chi connectivity index (χ0v) is 14.0. The van der Waals surface area contributed by atoms with Crippen molar-refractivity contribution in [2.75, 3.05) is 20.3 Å². The first-order chi connectivity index (χ1) is 10.7. The molecule has 118 valence electrons. The van der Waals surface area contributed by atoms with Gasteiger partial charge in [0.1, 0.15) is 6.61 Å². The van der Waals surface area contributed by atoms with Crippen molar-refractivity contribution in [3.05, 3.63) is 52.3 Å². The summed E-state index contributed by atoms with van der Waals surface area (Å²) in [5.74, 6) is 1.33. The number of aliphatic hydroxyl groups is 1. The zero-order valence-electron chi connectivity index (χ0n) is 12.4. The van der Waals surface area contributed by atoms with E-state index in [1.807, 2.05) is 24.3 Å². The SMILES string of the molecule is COc1cc(CNCCO)cc(Br)c1OCc1cccnc1. The molecular weight excluding hydrogens is 348 g/mol. The number of nitrogens with zero attached hydrogens (tertiary/aromatic N) is 1. The lowest BCUT2D eigenvalue weighted by Crippen LogP contribution is -2.17. The van der Waals surface area contributed by atoms with E-state index >= 15 is 0 Å². The fourth-order valence-corrected chi connectivity index (χ4v) is 2.57. The maximum Gasteiger partial charge on any atom is 0.175 e. The summed E-state index contributed by atoms with van der Waals surface area (Å²) in [5, 5.41) is 11.9. The van der Waals surface area contributed by atoms with E-state index in [4.69, 9.17) is 14.6 Å². The third-order valence-electron chi connectivity index (χ3n) is 3.01. The molecule has 2 N–H and O–H groups in total. The number of methoxy groups -OCH3 is 1. The minimum absolute atomic E-state index is 0.116. The molecule has 1 aromatic heterocycles. The van der Waals surface area contributed by atoms with Crippen LogP contribution in [0, 0.1) is 0 Å². The topological polar surface area (TPSA) is 63.6 Å². The zero-order chi connectivity index (χ0) is 15.8. The lowest BCUT2D eigenvalue weighted by molar-refractivity contribution is 0.281. The predicted molar refractivity (Wildman–Crippen MR) is 88.1 cm³/mol. The van der Waals surface area contributed by atoms with Crippen molar-refractivity contribution in [1.29, 1.82) is 0 Å². The first-order valence-corrected chi connectivity index (χ1v) is 7.73. The first-order valence-electron chi connectivity index (χ1n) is 6.94. The number of nitrogens with one attached hydrogen (secondary N) is 1. The Kier molecular flexibility index (Phi) is 6.64. The van der Waals surface area contributed by atoms with Crippen LogP contribution in [-0.2, 0) is 13.2 Å². The summed E-state index contributed by atoms with van der Waals surface area (Å²) < 4.78 is 12.1. The Morgan fingerprint density at radius 3 is 2.86 bits per heavy atom. The number of hydrogen-bond acceptors (Lipinski definition) is 5. The van der Waals surface area contributed by atoms with Crippen LogP contribution in [0.5, 0.6) is 11.5 Å². The highest BCUT2D eigenvalue weighted by molar-refractivity contribution is 9.10. The summed E-state index contributed by atoms with van der Waals surface area (Å²) in [5.41, 5.74) is 2.04. The third kappa shape index (κ3) is 4.69. The molecule has 2 rings (SSSR count). The molecule has 2 aromatic rings. The molecular formula is C16H19BrN2O3. The van der Waals surface area contributed by atoms with Gasteiger partial charge in [0, 0.05) is 31.0 Å². The van der Waals surface area contributed by atoms with Crippen molar-refractivity contribution in [2.45, 2.75) is 13.2 Å². The van der Waals surface area contributed by atoms with Gasteiger partial charge < -0.3 is 19.9 Å². The van der Waals surface area contributed by atoms with E-state index in [1.54, 1.807) is 19.5 Å². The molecule has 0 aliphatic rings. The molecule has 6 heteroatoms. The standard InChI is InChI=1S/C16H19BrN2O3/c1-21-15-8-13(10-19-5-6-20)7-14(17)16(15)22-11-12-3-2-4-18-9-12/h2-4,7-9,19-20H,5-6,10-11H2,1H3. The smallest absolute Gasteiger partial charge is 0.175 e. The van der Waals surface area contributed by atoms with Gasteiger partial charge in [-0.3, -0.25) is 4.98 Å². The number of aromatic nitrogens is 1. The summed E-state index contributed by atoms with van der Waals surface area (Å²) in [6.07, 6.45) is 3.50. The molecule has 0 spiro atoms. The normalized spacial score (nSPS) is 10.5. The van der Waals surface area contributed by atoms with Gasteiger partial charge >= 0.3 is 0 Å². The molecule has 0 saturated carbocycles. The molecule has 0 aliphatic heterocycles. The fraction of sp³-hybridized carbons (Fsp3) is 0.312. The van der Waals surface area contributed by atoms with Crippen LogP contribution in [0.2, 0.25) is 0 Å². The van der Waals surface area contributed by atoms with Crippen molar-refractivity contribution >= 4 is 15.9 Å². The van der Waals surface area contributed by atoms with Crippen LogP contribution in [0.25, 0.3) is 0 Å². The maximum atomic E-state index is 8.80. The molecule has 1 aromatic carbocycles. The van der Waals surface area contributed by atoms with Gasteiger partial charge in [-0.25, -0.2) is 0 Å². The van der Waals surface area contributed by atoms with Gasteiger partial charge in [-0.2, -0.15) is 0 Å². The molecule has 5 nitrogen and oxygen atoms in total. The summed E-state index contributed by atoms with van der Waals surface area (Å²) in [7, 11) is 1.61. The van der Waals surface area contributed by atoms with Gasteiger partial charge in [0.15, 0.2) is 11.5 Å². The molecule has 0 unspecified atom stereocenters. The van der Waals surface area contributed by atoms with Crippen LogP contribution in [-0.4, -0.2) is 30.4 Å². The summed E-state index contributed by atoms with van der Waals surface area (Å²) >= 11 is 3.52. The predicted octanol–water partition coefficient (Wildman–Crippen LogP) is 2.51. The van der Waals surface area contributed by atoms with Gasteiger partial charge in [0.25, 0.3) is 0 Å². The van der Waals surface area contributed by atoms with Crippen molar-refractivity contribution in [1.82, 2.24) is 10.3 Å². The minimum atomic E-state index is 0.116. The molecule has 0 aliphatic carbocycles. The number of hydrogen-bond donors (Lipinski definition) is 2. The number of halogens is 1. The van der Waals surface area contributed by atoms with Gasteiger partial charge in [0.05, 0.1) is 18.2 Å². The second-order valence-electron chi connectivity index (χ2n) is 4.66. The van der Waals surface area contributed by atoms with Gasteiger partial charge in [-0.15, -0.1) is 0 Å². The third-order valence-corrected chi connectivity index (χ3v) is 3.60. The van der Waals surface area contributed by atoms with Crippen molar-refractivity contribution in [3.8, 4) is 11.5 Å². The number of aliphatic hydroxyl groups excluding tert-OH is 1. The van der Waals surface area contributed by atoms with Crippen molar-refractivity contribution in [3.63, 3.8) is 0 Å². The molecule has 0 saturated heterocycles. The van der Waals surface area contributed by atoms with Gasteiger partial charge in [-0.05, 0) is 39.7 Å². The number of rotatable bonds is 8. The van der Waals surface area contributed by atoms with Crippen LogP contribution < -0.4 is 14.8 Å². The number of benzene rings is 1. The van der Waals surface area contributed by atoms with Crippen LogP contribution in [0.4, 0.5) is 0 Å². The van der Waals surface area contributed by atoms with E-state index in [1.165, 1.54) is 0 Å². The maximum absolute atomic E-state index is 8.80. The fourth-order valence-electron chi connectivity index (χ4n) is 1.97. The highest BCUT2D eigenvalue weighted by Gasteiger charge is 2.12. The van der Waals surface area contributed by atoms with Gasteiger partial charge in [0.2, 0.25) is 0 Å². The van der Waals surface area contributed by atoms with E-state index in [9.17, 15) is 0 Å². The van der Waals surface area contributed by atoms with E-state index in [-0.39, 0.29) is 6.61 Å². The lowest BCUT2D eigenvalue weighted by Gasteiger charge is -2.14. The Morgan fingerprint density at radius 1 is 1.32 bits per heavy atom. The lowest BCUT2D eigenvalue weighted by atomic mass is 10.2. The molecule has 0 radical (unpaired) electrons. The number of ether oxygens (including phenoxy) is 2. The molecule has 0 fully saturated rings. The number of pyridine rings is 1. The van der Waals surface area contributed by atoms with Crippen LogP contribution in [0.15, 0.2) is 41.1 Å². The van der Waals surface area contributed by atoms with E-state index in [2.05, 4.69) is 26.2 Å². The Bertz CT molecular complexity index is 593. The second-order valence-corrected chi connectivity index (χ2v) is 5.51. The minimum Gasteiger partial charge on any atom is -0.493 e. The monoisotopic (exact) mass is 366 g/mol. The van der Waals surface area contributed by atoms with E-state index in [0.717, 1.165) is 15.6 Å². The first kappa shape index (κ1) is 16.7. The molecule has 0 amide bonds. The van der Waals surface area contributed by atoms with Crippen LogP contribution in [0.1, 0.15) is 11.1 Å². The second kappa shape index (κ2) is 8.73. The highest BCUT2D eigenvalue weighted by Crippen LogP contribution is 2.37.